The highest BCUT2D eigenvalue weighted by molar-refractivity contribution is 14.1. The molecule has 0 spiro atoms. The van der Waals surface area contributed by atoms with Crippen molar-refractivity contribution < 1.29 is 0 Å². The Kier molecular flexibility index (Phi) is 2.22. The maximum absolute atomic E-state index is 5.63. The van der Waals surface area contributed by atoms with E-state index in [4.69, 9.17) is 5.73 Å². The summed E-state index contributed by atoms with van der Waals surface area (Å²) in [4.78, 5) is 0. The summed E-state index contributed by atoms with van der Waals surface area (Å²) < 4.78 is 0.976. The molecule has 1 aromatic carbocycles. The number of nitrogens with one attached hydrogen (secondary N) is 1. The highest BCUT2D eigenvalue weighted by Gasteiger charge is 2.08. The van der Waals surface area contributed by atoms with Gasteiger partial charge >= 0.3 is 0 Å². The summed E-state index contributed by atoms with van der Waals surface area (Å²) in [6.07, 6.45) is 0. The molecule has 0 aliphatic heterocycles. The summed E-state index contributed by atoms with van der Waals surface area (Å²) in [7, 11) is 0. The molecule has 2 aromatic rings. The fraction of sp³-hybridized carbons (Fsp3) is 0. The number of anilines is 1. The van der Waals surface area contributed by atoms with Gasteiger partial charge in [0.2, 0.25) is 0 Å². The third-order valence-electron chi connectivity index (χ3n) is 1.79. The summed E-state index contributed by atoms with van der Waals surface area (Å²) in [5, 5.41) is 6.85. The van der Waals surface area contributed by atoms with Crippen LogP contribution in [0.3, 0.4) is 0 Å². The summed E-state index contributed by atoms with van der Waals surface area (Å²) in [5.74, 6) is 0.555. The van der Waals surface area contributed by atoms with Crippen molar-refractivity contribution in [1.29, 1.82) is 0 Å². The second-order valence-corrected chi connectivity index (χ2v) is 3.74. The molecule has 0 aliphatic rings. The highest BCUT2D eigenvalue weighted by atomic mass is 127. The minimum atomic E-state index is 0.555. The monoisotopic (exact) mass is 285 g/mol. The van der Waals surface area contributed by atoms with Crippen LogP contribution in [0.1, 0.15) is 0 Å². The van der Waals surface area contributed by atoms with Gasteiger partial charge in [-0.15, -0.1) is 0 Å². The van der Waals surface area contributed by atoms with Crippen molar-refractivity contribution >= 4 is 28.4 Å². The van der Waals surface area contributed by atoms with E-state index in [0.717, 1.165) is 14.8 Å². The SMILES string of the molecule is Nc1n[nH]c(-c2ccccc2)c1I. The van der Waals surface area contributed by atoms with E-state index in [9.17, 15) is 0 Å². The van der Waals surface area contributed by atoms with Gasteiger partial charge in [-0.25, -0.2) is 0 Å². The van der Waals surface area contributed by atoms with Crippen LogP contribution in [0.25, 0.3) is 11.3 Å². The van der Waals surface area contributed by atoms with E-state index in [1.807, 2.05) is 30.3 Å². The number of H-pyrrole nitrogens is 1. The molecule has 0 radical (unpaired) electrons. The van der Waals surface area contributed by atoms with Crippen LogP contribution in [0, 0.1) is 3.57 Å². The first-order valence-electron chi connectivity index (χ1n) is 3.84. The molecule has 0 fully saturated rings. The maximum Gasteiger partial charge on any atom is 0.159 e. The molecule has 13 heavy (non-hydrogen) atoms. The molecule has 66 valence electrons. The highest BCUT2D eigenvalue weighted by Crippen LogP contribution is 2.25. The first kappa shape index (κ1) is 8.55. The molecular formula is C9H8IN3. The van der Waals surface area contributed by atoms with E-state index in [-0.39, 0.29) is 0 Å². The number of nitrogens with zero attached hydrogens (tertiary/aromatic N) is 1. The minimum Gasteiger partial charge on any atom is -0.381 e. The van der Waals surface area contributed by atoms with Crippen LogP contribution in [-0.2, 0) is 0 Å². The van der Waals surface area contributed by atoms with Crippen molar-refractivity contribution in [3.8, 4) is 11.3 Å². The molecular weight excluding hydrogens is 277 g/mol. The number of nitrogens with two attached hydrogens (primary N) is 1. The normalized spacial score (nSPS) is 10.2. The van der Waals surface area contributed by atoms with Crippen LogP contribution in [-0.4, -0.2) is 10.2 Å². The quantitative estimate of drug-likeness (QED) is 0.790. The van der Waals surface area contributed by atoms with Gasteiger partial charge in [-0.1, -0.05) is 30.3 Å². The summed E-state index contributed by atoms with van der Waals surface area (Å²) in [6, 6.07) is 10.0. The number of halogens is 1. The third-order valence-corrected chi connectivity index (χ3v) is 2.89. The number of rotatable bonds is 1. The van der Waals surface area contributed by atoms with E-state index in [0.29, 0.717) is 5.82 Å². The fourth-order valence-corrected chi connectivity index (χ4v) is 1.69. The van der Waals surface area contributed by atoms with Crippen LogP contribution in [0.4, 0.5) is 5.82 Å². The van der Waals surface area contributed by atoms with E-state index >= 15 is 0 Å². The smallest absolute Gasteiger partial charge is 0.159 e. The summed E-state index contributed by atoms with van der Waals surface area (Å²) in [5.41, 5.74) is 7.72. The van der Waals surface area contributed by atoms with Crippen molar-refractivity contribution in [1.82, 2.24) is 10.2 Å². The molecule has 3 N–H and O–H groups in total. The number of hydrogen-bond donors (Lipinski definition) is 2. The van der Waals surface area contributed by atoms with Gasteiger partial charge in [-0.05, 0) is 22.6 Å². The molecule has 1 heterocycles. The standard InChI is InChI=1S/C9H8IN3/c10-7-8(12-13-9(7)11)6-4-2-1-3-5-6/h1-5H,(H3,11,12,13). The average molecular weight is 285 g/mol. The van der Waals surface area contributed by atoms with Crippen LogP contribution < -0.4 is 5.73 Å². The lowest BCUT2D eigenvalue weighted by Crippen LogP contribution is -1.85. The Hall–Kier alpha value is -1.04. The lowest BCUT2D eigenvalue weighted by molar-refractivity contribution is 1.10. The second kappa shape index (κ2) is 3.37. The largest absolute Gasteiger partial charge is 0.381 e. The van der Waals surface area contributed by atoms with Crippen molar-refractivity contribution in [2.45, 2.75) is 0 Å². The summed E-state index contributed by atoms with van der Waals surface area (Å²) in [6.45, 7) is 0. The third kappa shape index (κ3) is 1.53. The molecule has 3 nitrogen and oxygen atoms in total. The number of hydrogen-bond acceptors (Lipinski definition) is 2. The van der Waals surface area contributed by atoms with Crippen molar-refractivity contribution in [3.05, 3.63) is 33.9 Å². The number of aromatic nitrogens is 2. The van der Waals surface area contributed by atoms with Gasteiger partial charge < -0.3 is 5.73 Å². The Balaban J connectivity index is 2.53. The van der Waals surface area contributed by atoms with Crippen molar-refractivity contribution in [3.63, 3.8) is 0 Å². The Morgan fingerprint density at radius 2 is 1.92 bits per heavy atom. The molecule has 0 saturated heterocycles. The minimum absolute atomic E-state index is 0.555. The van der Waals surface area contributed by atoms with Crippen molar-refractivity contribution in [2.75, 3.05) is 5.73 Å². The lowest BCUT2D eigenvalue weighted by Gasteiger charge is -1.96. The van der Waals surface area contributed by atoms with Gasteiger partial charge in [-0.3, -0.25) is 5.10 Å². The first-order valence-corrected chi connectivity index (χ1v) is 4.91. The van der Waals surface area contributed by atoms with Crippen LogP contribution in [0.5, 0.6) is 0 Å². The zero-order valence-corrected chi connectivity index (χ0v) is 8.95. The molecule has 0 aliphatic carbocycles. The van der Waals surface area contributed by atoms with E-state index in [1.165, 1.54) is 0 Å². The van der Waals surface area contributed by atoms with Gasteiger partial charge in [0, 0.05) is 5.56 Å². The topological polar surface area (TPSA) is 54.7 Å². The second-order valence-electron chi connectivity index (χ2n) is 2.66. The zero-order chi connectivity index (χ0) is 9.26. The van der Waals surface area contributed by atoms with Crippen LogP contribution in [0.2, 0.25) is 0 Å². The van der Waals surface area contributed by atoms with Gasteiger partial charge in [0.05, 0.1) is 9.26 Å². The van der Waals surface area contributed by atoms with Gasteiger partial charge in [0.15, 0.2) is 5.82 Å². The zero-order valence-electron chi connectivity index (χ0n) is 6.79. The molecule has 4 heteroatoms. The molecule has 1 aromatic heterocycles. The van der Waals surface area contributed by atoms with E-state index in [2.05, 4.69) is 32.8 Å². The number of benzene rings is 1. The Labute approximate surface area is 89.5 Å². The average Bonchev–Trinajstić information content (AvgIpc) is 2.49. The molecule has 0 unspecified atom stereocenters. The number of aromatic amines is 1. The van der Waals surface area contributed by atoms with E-state index in [1.54, 1.807) is 0 Å². The Morgan fingerprint density at radius 1 is 1.23 bits per heavy atom. The fourth-order valence-electron chi connectivity index (χ4n) is 1.14. The molecule has 0 amide bonds. The predicted octanol–water partition coefficient (Wildman–Crippen LogP) is 2.26. The Bertz CT molecular complexity index is 408. The maximum atomic E-state index is 5.63. The Morgan fingerprint density at radius 3 is 2.46 bits per heavy atom. The molecule has 0 saturated carbocycles. The number of nitrogen functional groups attached to an aromatic ring is 1. The van der Waals surface area contributed by atoms with Gasteiger partial charge in [0.1, 0.15) is 0 Å². The van der Waals surface area contributed by atoms with Crippen LogP contribution in [0.15, 0.2) is 30.3 Å². The van der Waals surface area contributed by atoms with Gasteiger partial charge in [-0.2, -0.15) is 5.10 Å². The molecule has 0 bridgehead atoms. The summed E-state index contributed by atoms with van der Waals surface area (Å²) >= 11 is 2.18. The van der Waals surface area contributed by atoms with E-state index < -0.39 is 0 Å². The van der Waals surface area contributed by atoms with Crippen LogP contribution >= 0.6 is 22.6 Å². The first-order chi connectivity index (χ1) is 6.29. The predicted molar refractivity (Wildman–Crippen MR) is 61.2 cm³/mol. The van der Waals surface area contributed by atoms with Gasteiger partial charge in [0.25, 0.3) is 0 Å². The molecule has 0 atom stereocenters. The molecule has 2 rings (SSSR count). The lowest BCUT2D eigenvalue weighted by atomic mass is 10.2. The van der Waals surface area contributed by atoms with Crippen molar-refractivity contribution in [2.24, 2.45) is 0 Å².